The fourth-order valence-corrected chi connectivity index (χ4v) is 5.41. The summed E-state index contributed by atoms with van der Waals surface area (Å²) in [7, 11) is 5.48. The van der Waals surface area contributed by atoms with E-state index in [0.29, 0.717) is 13.1 Å². The van der Waals surface area contributed by atoms with Crippen LogP contribution in [0.4, 0.5) is 4.79 Å². The zero-order valence-electron chi connectivity index (χ0n) is 17.9. The number of allylic oxidation sites excluding steroid dienone is 1. The Balaban J connectivity index is 1.55. The molecule has 0 radical (unpaired) electrons. The van der Waals surface area contributed by atoms with Crippen LogP contribution in [0.2, 0.25) is 0 Å². The van der Waals surface area contributed by atoms with Crippen molar-refractivity contribution in [2.24, 2.45) is 0 Å². The molecule has 3 aliphatic rings. The van der Waals surface area contributed by atoms with Gasteiger partial charge in [0.25, 0.3) is 0 Å². The van der Waals surface area contributed by atoms with Crippen molar-refractivity contribution in [3.63, 3.8) is 0 Å². The number of benzene rings is 1. The first kappa shape index (κ1) is 21.7. The van der Waals surface area contributed by atoms with Crippen molar-refractivity contribution < 1.29 is 19.0 Å². The third kappa shape index (κ3) is 4.01. The van der Waals surface area contributed by atoms with Crippen LogP contribution >= 0.6 is 22.9 Å². The largest absolute Gasteiger partial charge is 0.493 e. The smallest absolute Gasteiger partial charge is 0.414 e. The van der Waals surface area contributed by atoms with Crippen LogP contribution in [0.3, 0.4) is 0 Å². The summed E-state index contributed by atoms with van der Waals surface area (Å²) >= 11 is 2.30. The van der Waals surface area contributed by atoms with E-state index < -0.39 is 0 Å². The second-order valence-corrected chi connectivity index (χ2v) is 9.66. The second kappa shape index (κ2) is 8.92. The molecule has 4 rings (SSSR count). The zero-order valence-corrected chi connectivity index (χ0v) is 20.1. The maximum absolute atomic E-state index is 12.6. The fraction of sp³-hybridized carbons (Fsp3) is 0.591. The molecule has 0 N–H and O–H groups in total. The minimum Gasteiger partial charge on any atom is -0.493 e. The number of rotatable bonds is 4. The number of hydrogen-bond donors (Lipinski definition) is 0. The molecule has 1 amide bonds. The third-order valence-corrected chi connectivity index (χ3v) is 7.74. The van der Waals surface area contributed by atoms with Crippen LogP contribution in [0.15, 0.2) is 30.0 Å². The number of halogens is 1. The predicted octanol–water partition coefficient (Wildman–Crippen LogP) is 3.43. The number of nitrogens with zero attached hydrogens (tertiary/aromatic N) is 3. The van der Waals surface area contributed by atoms with Gasteiger partial charge in [-0.05, 0) is 50.2 Å². The molecule has 2 saturated heterocycles. The minimum absolute atomic E-state index is 0.00293. The number of methoxy groups -OCH3 is 2. The van der Waals surface area contributed by atoms with Gasteiger partial charge in [-0.15, -0.1) is 0 Å². The SMILES string of the molecule is COc1ccc([C@@]23CCC(OC(=O)N4CCN(I)CC4)=C[C@@H]2N(C)CC3)cc1OC. The first-order chi connectivity index (χ1) is 14.5. The summed E-state index contributed by atoms with van der Waals surface area (Å²) in [6.45, 7) is 4.20. The number of carbonyl (C=O) groups is 1. The van der Waals surface area contributed by atoms with E-state index in [1.165, 1.54) is 5.56 Å². The first-order valence-electron chi connectivity index (χ1n) is 10.5. The molecule has 0 saturated carbocycles. The van der Waals surface area contributed by atoms with Crippen LogP contribution in [-0.4, -0.2) is 79.0 Å². The van der Waals surface area contributed by atoms with Crippen LogP contribution in [0.1, 0.15) is 24.8 Å². The van der Waals surface area contributed by atoms with Crippen molar-refractivity contribution in [2.45, 2.75) is 30.7 Å². The van der Waals surface area contributed by atoms with E-state index >= 15 is 0 Å². The van der Waals surface area contributed by atoms with Gasteiger partial charge in [-0.3, -0.25) is 4.90 Å². The van der Waals surface area contributed by atoms with Gasteiger partial charge in [0, 0.05) is 66.9 Å². The lowest BCUT2D eigenvalue weighted by atomic mass is 9.68. The van der Waals surface area contributed by atoms with E-state index in [1.807, 2.05) is 11.0 Å². The number of fused-ring (bicyclic) bond motifs is 1. The van der Waals surface area contributed by atoms with Gasteiger partial charge in [-0.1, -0.05) is 6.07 Å². The second-order valence-electron chi connectivity index (χ2n) is 8.30. The number of carbonyl (C=O) groups excluding carboxylic acids is 1. The van der Waals surface area contributed by atoms with Gasteiger partial charge in [0.15, 0.2) is 11.5 Å². The first-order valence-corrected chi connectivity index (χ1v) is 11.4. The van der Waals surface area contributed by atoms with Gasteiger partial charge in [0.1, 0.15) is 5.76 Å². The highest BCUT2D eigenvalue weighted by Gasteiger charge is 2.48. The van der Waals surface area contributed by atoms with Gasteiger partial charge in [-0.2, -0.15) is 0 Å². The van der Waals surface area contributed by atoms with E-state index in [4.69, 9.17) is 14.2 Å². The Kier molecular flexibility index (Phi) is 6.45. The standard InChI is InChI=1S/C22H30IN3O4/c1-24-9-8-22(16-4-5-18(28-2)19(14-16)29-3)7-6-17(15-20(22)24)30-21(27)25-10-12-26(23)13-11-25/h4-5,14-15,20H,6-13H2,1-3H3/t20-,22-/m0/s1. The summed E-state index contributed by atoms with van der Waals surface area (Å²) in [5.74, 6) is 2.30. The molecule has 1 aliphatic carbocycles. The Morgan fingerprint density at radius 3 is 2.50 bits per heavy atom. The number of piperazine rings is 1. The molecule has 8 heteroatoms. The lowest BCUT2D eigenvalue weighted by Gasteiger charge is -2.40. The molecule has 2 fully saturated rings. The normalized spacial score (nSPS) is 27.4. The van der Waals surface area contributed by atoms with Gasteiger partial charge >= 0.3 is 6.09 Å². The zero-order chi connectivity index (χ0) is 21.3. The Morgan fingerprint density at radius 1 is 1.07 bits per heavy atom. The van der Waals surface area contributed by atoms with Crippen molar-refractivity contribution in [3.05, 3.63) is 35.6 Å². The number of amides is 1. The molecule has 164 valence electrons. The molecule has 0 bridgehead atoms. The average Bonchev–Trinajstić information content (AvgIpc) is 3.11. The Bertz CT molecular complexity index is 825. The predicted molar refractivity (Wildman–Crippen MR) is 123 cm³/mol. The molecular formula is C22H30IN3O4. The molecule has 2 heterocycles. The van der Waals surface area contributed by atoms with Crippen LogP contribution < -0.4 is 9.47 Å². The van der Waals surface area contributed by atoms with E-state index in [-0.39, 0.29) is 17.6 Å². The average molecular weight is 527 g/mol. The van der Waals surface area contributed by atoms with E-state index in [9.17, 15) is 4.79 Å². The molecule has 1 aromatic rings. The van der Waals surface area contributed by atoms with Crippen molar-refractivity contribution in [1.29, 1.82) is 0 Å². The summed E-state index contributed by atoms with van der Waals surface area (Å²) in [6, 6.07) is 6.45. The summed E-state index contributed by atoms with van der Waals surface area (Å²) in [6.07, 6.45) is 4.72. The number of ether oxygens (including phenoxy) is 3. The van der Waals surface area contributed by atoms with E-state index in [1.54, 1.807) is 14.2 Å². The van der Waals surface area contributed by atoms with Gasteiger partial charge in [0.05, 0.1) is 14.2 Å². The van der Waals surface area contributed by atoms with Gasteiger partial charge < -0.3 is 19.1 Å². The third-order valence-electron chi connectivity index (χ3n) is 6.77. The van der Waals surface area contributed by atoms with Crippen molar-refractivity contribution >= 4 is 29.0 Å². The molecule has 30 heavy (non-hydrogen) atoms. The Morgan fingerprint density at radius 2 is 1.80 bits per heavy atom. The molecule has 7 nitrogen and oxygen atoms in total. The molecule has 1 aromatic carbocycles. The number of hydrogen-bond acceptors (Lipinski definition) is 6. The van der Waals surface area contributed by atoms with Crippen LogP contribution in [-0.2, 0) is 10.2 Å². The molecule has 0 unspecified atom stereocenters. The highest BCUT2D eigenvalue weighted by atomic mass is 127. The Hall–Kier alpha value is -1.52. The van der Waals surface area contributed by atoms with E-state index in [0.717, 1.165) is 56.2 Å². The molecule has 0 aromatic heterocycles. The molecule has 2 atom stereocenters. The number of likely N-dealkylation sites (N-methyl/N-ethyl adjacent to an activating group) is 1. The maximum atomic E-state index is 12.6. The highest BCUT2D eigenvalue weighted by Crippen LogP contribution is 2.49. The minimum atomic E-state index is -0.218. The molecular weight excluding hydrogens is 497 g/mol. The van der Waals surface area contributed by atoms with Gasteiger partial charge in [0.2, 0.25) is 0 Å². The van der Waals surface area contributed by atoms with Crippen molar-refractivity contribution in [2.75, 3.05) is 54.0 Å². The van der Waals surface area contributed by atoms with Crippen LogP contribution in [0.25, 0.3) is 0 Å². The summed E-state index contributed by atoms with van der Waals surface area (Å²) in [5, 5.41) is 0. The lowest BCUT2D eigenvalue weighted by Crippen LogP contribution is -2.46. The summed E-state index contributed by atoms with van der Waals surface area (Å²) in [4.78, 5) is 16.8. The monoisotopic (exact) mass is 527 g/mol. The summed E-state index contributed by atoms with van der Waals surface area (Å²) < 4.78 is 19.0. The summed E-state index contributed by atoms with van der Waals surface area (Å²) in [5.41, 5.74) is 1.26. The van der Waals surface area contributed by atoms with E-state index in [2.05, 4.69) is 56.1 Å². The van der Waals surface area contributed by atoms with Crippen molar-refractivity contribution in [1.82, 2.24) is 12.9 Å². The molecule has 0 spiro atoms. The van der Waals surface area contributed by atoms with Gasteiger partial charge in [-0.25, -0.2) is 7.91 Å². The van der Waals surface area contributed by atoms with Crippen LogP contribution in [0.5, 0.6) is 11.5 Å². The lowest BCUT2D eigenvalue weighted by molar-refractivity contribution is 0.107. The fourth-order valence-electron chi connectivity index (χ4n) is 4.98. The van der Waals surface area contributed by atoms with Crippen molar-refractivity contribution in [3.8, 4) is 11.5 Å². The van der Waals surface area contributed by atoms with Crippen LogP contribution in [0, 0.1) is 0 Å². The number of likely N-dealkylation sites (tertiary alicyclic amines) is 1. The quantitative estimate of drug-likeness (QED) is 0.442. The maximum Gasteiger partial charge on any atom is 0.414 e. The highest BCUT2D eigenvalue weighted by molar-refractivity contribution is 14.1. The topological polar surface area (TPSA) is 54.5 Å². The molecule has 2 aliphatic heterocycles. The Labute approximate surface area is 192 Å².